The Kier molecular flexibility index (Phi) is 5.99. The van der Waals surface area contributed by atoms with Crippen molar-refractivity contribution in [3.05, 3.63) is 41.5 Å². The van der Waals surface area contributed by atoms with Gasteiger partial charge in [0.15, 0.2) is 11.5 Å². The Labute approximate surface area is 193 Å². The van der Waals surface area contributed by atoms with E-state index in [-0.39, 0.29) is 30.6 Å². The van der Waals surface area contributed by atoms with Gasteiger partial charge >= 0.3 is 11.9 Å². The average Bonchev–Trinajstić information content (AvgIpc) is 3.50. The fourth-order valence-electron chi connectivity index (χ4n) is 3.86. The van der Waals surface area contributed by atoms with Crippen LogP contribution in [0.1, 0.15) is 49.5 Å². The quantitative estimate of drug-likeness (QED) is 0.531. The number of fused-ring (bicyclic) bond motifs is 1. The van der Waals surface area contributed by atoms with E-state index in [0.717, 1.165) is 16.7 Å². The molecule has 0 spiro atoms. The van der Waals surface area contributed by atoms with Crippen molar-refractivity contribution >= 4 is 11.9 Å². The highest BCUT2D eigenvalue weighted by Gasteiger charge is 2.53. The Balaban J connectivity index is 1.67. The zero-order chi connectivity index (χ0) is 23.8. The smallest absolute Gasteiger partial charge is 0.338 e. The molecular formula is C26H30O7. The molecule has 0 saturated heterocycles. The fourth-order valence-corrected chi connectivity index (χ4v) is 3.86. The van der Waals surface area contributed by atoms with Gasteiger partial charge in [0.2, 0.25) is 5.75 Å². The SMILES string of the molecule is COc1ccc(-c2cccc3c2COC3=O)c(OCC2(C(=O)OCC(C)(C)C)CC2)c1OC. The molecule has 0 N–H and O–H groups in total. The van der Waals surface area contributed by atoms with Crippen molar-refractivity contribution in [2.75, 3.05) is 27.4 Å². The molecule has 0 aromatic heterocycles. The number of benzene rings is 2. The summed E-state index contributed by atoms with van der Waals surface area (Å²) >= 11 is 0. The third-order valence-corrected chi connectivity index (χ3v) is 5.95. The molecule has 2 aromatic carbocycles. The van der Waals surface area contributed by atoms with E-state index in [1.54, 1.807) is 26.4 Å². The highest BCUT2D eigenvalue weighted by atomic mass is 16.6. The average molecular weight is 455 g/mol. The summed E-state index contributed by atoms with van der Waals surface area (Å²) in [7, 11) is 3.10. The van der Waals surface area contributed by atoms with Crippen LogP contribution in [-0.2, 0) is 20.9 Å². The van der Waals surface area contributed by atoms with Crippen LogP contribution in [0.3, 0.4) is 0 Å². The highest BCUT2D eigenvalue weighted by molar-refractivity contribution is 5.96. The number of ether oxygens (including phenoxy) is 5. The van der Waals surface area contributed by atoms with Gasteiger partial charge in [0.25, 0.3) is 0 Å². The van der Waals surface area contributed by atoms with Gasteiger partial charge in [0.1, 0.15) is 18.6 Å². The third-order valence-electron chi connectivity index (χ3n) is 5.95. The Morgan fingerprint density at radius 2 is 1.73 bits per heavy atom. The Morgan fingerprint density at radius 1 is 1.00 bits per heavy atom. The van der Waals surface area contributed by atoms with Crippen LogP contribution in [0.5, 0.6) is 17.2 Å². The van der Waals surface area contributed by atoms with E-state index in [1.807, 2.05) is 39.0 Å². The molecule has 4 rings (SSSR count). The molecule has 2 aromatic rings. The van der Waals surface area contributed by atoms with Crippen molar-refractivity contribution in [3.63, 3.8) is 0 Å². The van der Waals surface area contributed by atoms with Gasteiger partial charge in [-0.1, -0.05) is 32.9 Å². The Bertz CT molecular complexity index is 1080. The first-order valence-corrected chi connectivity index (χ1v) is 11.0. The molecule has 0 unspecified atom stereocenters. The minimum atomic E-state index is -0.658. The Hall–Kier alpha value is -3.22. The number of esters is 2. The summed E-state index contributed by atoms with van der Waals surface area (Å²) in [6.45, 7) is 6.78. The largest absolute Gasteiger partial charge is 0.493 e. The number of cyclic esters (lactones) is 1. The maximum absolute atomic E-state index is 12.8. The van der Waals surface area contributed by atoms with Crippen molar-refractivity contribution in [2.24, 2.45) is 10.8 Å². The van der Waals surface area contributed by atoms with Gasteiger partial charge in [-0.2, -0.15) is 0 Å². The monoisotopic (exact) mass is 454 g/mol. The molecule has 2 aliphatic rings. The van der Waals surface area contributed by atoms with Crippen LogP contribution < -0.4 is 14.2 Å². The first-order chi connectivity index (χ1) is 15.7. The lowest BCUT2D eigenvalue weighted by atomic mass is 9.95. The van der Waals surface area contributed by atoms with Crippen LogP contribution in [0, 0.1) is 10.8 Å². The summed E-state index contributed by atoms with van der Waals surface area (Å²) in [5, 5.41) is 0. The van der Waals surface area contributed by atoms with Crippen molar-refractivity contribution in [2.45, 2.75) is 40.2 Å². The Morgan fingerprint density at radius 3 is 2.36 bits per heavy atom. The second-order valence-electron chi connectivity index (χ2n) is 9.79. The van der Waals surface area contributed by atoms with E-state index in [9.17, 15) is 9.59 Å². The summed E-state index contributed by atoms with van der Waals surface area (Å²) < 4.78 is 28.2. The molecule has 0 radical (unpaired) electrons. The molecule has 1 aliphatic heterocycles. The maximum atomic E-state index is 12.8. The molecule has 1 saturated carbocycles. The number of methoxy groups -OCH3 is 2. The standard InChI is InChI=1S/C26H30O7/c1-25(2,3)14-33-24(28)26(11-12-26)15-32-21-17(9-10-20(29-4)22(21)30-5)16-7-6-8-18-19(16)13-31-23(18)27/h6-10H,11-15H2,1-5H3. The number of carbonyl (C=O) groups is 2. The van der Waals surface area contributed by atoms with Gasteiger partial charge in [-0.05, 0) is 42.0 Å². The van der Waals surface area contributed by atoms with E-state index < -0.39 is 5.41 Å². The first kappa shape index (κ1) is 23.0. The van der Waals surface area contributed by atoms with E-state index in [1.165, 1.54) is 0 Å². The minimum Gasteiger partial charge on any atom is -0.493 e. The third kappa shape index (κ3) is 4.49. The lowest BCUT2D eigenvalue weighted by Gasteiger charge is -2.23. The van der Waals surface area contributed by atoms with Crippen LogP contribution >= 0.6 is 0 Å². The zero-order valence-corrected chi connectivity index (χ0v) is 19.8. The highest BCUT2D eigenvalue weighted by Crippen LogP contribution is 2.51. The lowest BCUT2D eigenvalue weighted by Crippen LogP contribution is -2.29. The second-order valence-corrected chi connectivity index (χ2v) is 9.79. The first-order valence-electron chi connectivity index (χ1n) is 11.0. The summed E-state index contributed by atoms with van der Waals surface area (Å²) in [6, 6.07) is 9.14. The molecule has 1 aliphatic carbocycles. The van der Waals surface area contributed by atoms with Crippen molar-refractivity contribution in [1.82, 2.24) is 0 Å². The van der Waals surface area contributed by atoms with Crippen LogP contribution in [0.15, 0.2) is 30.3 Å². The molecule has 1 heterocycles. The van der Waals surface area contributed by atoms with Crippen molar-refractivity contribution < 1.29 is 33.3 Å². The van der Waals surface area contributed by atoms with Gasteiger partial charge in [-0.3, -0.25) is 4.79 Å². The van der Waals surface area contributed by atoms with Crippen molar-refractivity contribution in [3.8, 4) is 28.4 Å². The van der Waals surface area contributed by atoms with E-state index in [2.05, 4.69) is 0 Å². The predicted octanol–water partition coefficient (Wildman–Crippen LogP) is 4.79. The van der Waals surface area contributed by atoms with Gasteiger partial charge in [-0.15, -0.1) is 0 Å². The van der Waals surface area contributed by atoms with Gasteiger partial charge in [0.05, 0.1) is 26.4 Å². The molecule has 1 fully saturated rings. The molecular weight excluding hydrogens is 424 g/mol. The van der Waals surface area contributed by atoms with Crippen LogP contribution in [0.2, 0.25) is 0 Å². The predicted molar refractivity (Wildman–Crippen MR) is 122 cm³/mol. The molecule has 176 valence electrons. The summed E-state index contributed by atoms with van der Waals surface area (Å²) in [5.41, 5.74) is 2.12. The topological polar surface area (TPSA) is 80.3 Å². The summed E-state index contributed by atoms with van der Waals surface area (Å²) in [4.78, 5) is 24.9. The number of rotatable bonds is 8. The van der Waals surface area contributed by atoms with Crippen LogP contribution in [0.4, 0.5) is 0 Å². The maximum Gasteiger partial charge on any atom is 0.338 e. The summed E-state index contributed by atoms with van der Waals surface area (Å²) in [5.74, 6) is 0.821. The van der Waals surface area contributed by atoms with Crippen molar-refractivity contribution in [1.29, 1.82) is 0 Å². The summed E-state index contributed by atoms with van der Waals surface area (Å²) in [6.07, 6.45) is 1.42. The lowest BCUT2D eigenvalue weighted by molar-refractivity contribution is -0.154. The zero-order valence-electron chi connectivity index (χ0n) is 19.8. The molecule has 7 heteroatoms. The number of carbonyl (C=O) groups excluding carboxylic acids is 2. The van der Waals surface area contributed by atoms with E-state index in [4.69, 9.17) is 23.7 Å². The van der Waals surface area contributed by atoms with Gasteiger partial charge in [0, 0.05) is 11.1 Å². The normalized spacial score (nSPS) is 16.0. The second kappa shape index (κ2) is 8.61. The molecule has 0 bridgehead atoms. The number of hydrogen-bond donors (Lipinski definition) is 0. The molecule has 0 amide bonds. The number of hydrogen-bond acceptors (Lipinski definition) is 7. The van der Waals surface area contributed by atoms with Gasteiger partial charge < -0.3 is 23.7 Å². The van der Waals surface area contributed by atoms with E-state index in [0.29, 0.717) is 42.3 Å². The molecule has 33 heavy (non-hydrogen) atoms. The molecule has 7 nitrogen and oxygen atoms in total. The molecule has 0 atom stereocenters. The van der Waals surface area contributed by atoms with Crippen LogP contribution in [-0.4, -0.2) is 39.4 Å². The minimum absolute atomic E-state index is 0.108. The van der Waals surface area contributed by atoms with E-state index >= 15 is 0 Å². The fraction of sp³-hybridized carbons (Fsp3) is 0.462. The van der Waals surface area contributed by atoms with Crippen LogP contribution in [0.25, 0.3) is 11.1 Å². The van der Waals surface area contributed by atoms with Gasteiger partial charge in [-0.25, -0.2) is 4.79 Å².